The van der Waals surface area contributed by atoms with Crippen LogP contribution in [0.1, 0.15) is 49.1 Å². The summed E-state index contributed by atoms with van der Waals surface area (Å²) in [5.41, 5.74) is 0. The Hall–Kier alpha value is -1.04. The summed E-state index contributed by atoms with van der Waals surface area (Å²) in [7, 11) is 0. The van der Waals surface area contributed by atoms with E-state index < -0.39 is 0 Å². The molecule has 1 aromatic heterocycles. The first-order chi connectivity index (χ1) is 8.79. The van der Waals surface area contributed by atoms with Crippen molar-refractivity contribution in [3.05, 3.63) is 11.6 Å². The standard InChI is InChI=1S/C12H20N4OS/c1-2-5-10-14-11(16-15-10)12(17)13-8-9-6-3-4-7-18-9/h9H,2-8H2,1H3,(H,13,17)(H,14,15,16). The first-order valence-electron chi connectivity index (χ1n) is 6.60. The van der Waals surface area contributed by atoms with Crippen molar-refractivity contribution >= 4 is 17.7 Å². The van der Waals surface area contributed by atoms with Gasteiger partial charge in [-0.3, -0.25) is 9.89 Å². The lowest BCUT2D eigenvalue weighted by Crippen LogP contribution is -2.32. The first kappa shape index (κ1) is 13.4. The van der Waals surface area contributed by atoms with Crippen molar-refractivity contribution in [2.75, 3.05) is 12.3 Å². The van der Waals surface area contributed by atoms with Crippen LogP contribution < -0.4 is 5.32 Å². The van der Waals surface area contributed by atoms with E-state index >= 15 is 0 Å². The van der Waals surface area contributed by atoms with Crippen LogP contribution in [0.25, 0.3) is 0 Å². The van der Waals surface area contributed by atoms with Crippen molar-refractivity contribution in [1.82, 2.24) is 20.5 Å². The van der Waals surface area contributed by atoms with Gasteiger partial charge < -0.3 is 5.32 Å². The van der Waals surface area contributed by atoms with Crippen molar-refractivity contribution in [2.24, 2.45) is 0 Å². The van der Waals surface area contributed by atoms with Crippen LogP contribution in [0.4, 0.5) is 0 Å². The molecule has 6 heteroatoms. The molecule has 1 fully saturated rings. The van der Waals surface area contributed by atoms with E-state index in [2.05, 4.69) is 27.4 Å². The van der Waals surface area contributed by atoms with E-state index in [0.717, 1.165) is 25.2 Å². The maximum atomic E-state index is 11.8. The van der Waals surface area contributed by atoms with Gasteiger partial charge in [-0.1, -0.05) is 13.3 Å². The molecule has 2 rings (SSSR count). The number of H-pyrrole nitrogens is 1. The minimum Gasteiger partial charge on any atom is -0.348 e. The van der Waals surface area contributed by atoms with Crippen molar-refractivity contribution < 1.29 is 4.79 Å². The monoisotopic (exact) mass is 268 g/mol. The van der Waals surface area contributed by atoms with E-state index in [9.17, 15) is 4.79 Å². The number of thioether (sulfide) groups is 1. The van der Waals surface area contributed by atoms with E-state index in [0.29, 0.717) is 5.25 Å². The minimum absolute atomic E-state index is 0.167. The Morgan fingerprint density at radius 1 is 1.56 bits per heavy atom. The molecule has 0 radical (unpaired) electrons. The molecule has 0 bridgehead atoms. The van der Waals surface area contributed by atoms with Gasteiger partial charge in [0.2, 0.25) is 5.82 Å². The van der Waals surface area contributed by atoms with Gasteiger partial charge in [-0.2, -0.15) is 11.8 Å². The van der Waals surface area contributed by atoms with Crippen molar-refractivity contribution in [2.45, 2.75) is 44.3 Å². The van der Waals surface area contributed by atoms with E-state index in [1.165, 1.54) is 25.0 Å². The summed E-state index contributed by atoms with van der Waals surface area (Å²) in [5, 5.41) is 10.2. The Balaban J connectivity index is 1.79. The number of aromatic nitrogens is 3. The average Bonchev–Trinajstić information content (AvgIpc) is 2.86. The molecule has 1 aromatic rings. The molecule has 5 nitrogen and oxygen atoms in total. The number of hydrogen-bond donors (Lipinski definition) is 2. The number of hydrogen-bond acceptors (Lipinski definition) is 4. The Labute approximate surface area is 112 Å². The number of carbonyl (C=O) groups is 1. The number of aromatic amines is 1. The number of amides is 1. The summed E-state index contributed by atoms with van der Waals surface area (Å²) in [6, 6.07) is 0. The lowest BCUT2D eigenvalue weighted by Gasteiger charge is -2.20. The molecule has 100 valence electrons. The van der Waals surface area contributed by atoms with E-state index in [-0.39, 0.29) is 11.7 Å². The second-order valence-electron chi connectivity index (χ2n) is 4.55. The van der Waals surface area contributed by atoms with Gasteiger partial charge in [0.15, 0.2) is 0 Å². The number of aryl methyl sites for hydroxylation is 1. The maximum absolute atomic E-state index is 11.8. The fourth-order valence-electron chi connectivity index (χ4n) is 2.00. The predicted molar refractivity (Wildman–Crippen MR) is 72.8 cm³/mol. The Morgan fingerprint density at radius 2 is 2.44 bits per heavy atom. The zero-order valence-corrected chi connectivity index (χ0v) is 11.6. The molecule has 0 saturated carbocycles. The highest BCUT2D eigenvalue weighted by Crippen LogP contribution is 2.24. The summed E-state index contributed by atoms with van der Waals surface area (Å²) < 4.78 is 0. The largest absolute Gasteiger partial charge is 0.348 e. The van der Waals surface area contributed by atoms with Crippen LogP contribution in [-0.4, -0.2) is 38.6 Å². The molecule has 1 aliphatic rings. The number of nitrogens with zero attached hydrogens (tertiary/aromatic N) is 2. The van der Waals surface area contributed by atoms with Crippen molar-refractivity contribution in [3.63, 3.8) is 0 Å². The molecule has 2 heterocycles. The zero-order chi connectivity index (χ0) is 12.8. The molecule has 18 heavy (non-hydrogen) atoms. The zero-order valence-electron chi connectivity index (χ0n) is 10.7. The normalized spacial score (nSPS) is 19.7. The van der Waals surface area contributed by atoms with Gasteiger partial charge in [0.05, 0.1) is 0 Å². The van der Waals surface area contributed by atoms with E-state index in [4.69, 9.17) is 0 Å². The highest BCUT2D eigenvalue weighted by molar-refractivity contribution is 7.99. The molecule has 0 spiro atoms. The third-order valence-electron chi connectivity index (χ3n) is 2.99. The summed E-state index contributed by atoms with van der Waals surface area (Å²) in [5.74, 6) is 2.09. The molecule has 0 aliphatic carbocycles. The second kappa shape index (κ2) is 6.78. The predicted octanol–water partition coefficient (Wildman–Crippen LogP) is 1.77. The molecular formula is C12H20N4OS. The third kappa shape index (κ3) is 3.73. The maximum Gasteiger partial charge on any atom is 0.290 e. The summed E-state index contributed by atoms with van der Waals surface area (Å²) in [4.78, 5) is 16.0. The van der Waals surface area contributed by atoms with Gasteiger partial charge in [-0.25, -0.2) is 4.98 Å². The molecule has 1 aliphatic heterocycles. The van der Waals surface area contributed by atoms with Crippen LogP contribution in [-0.2, 0) is 6.42 Å². The van der Waals surface area contributed by atoms with Gasteiger partial charge in [0, 0.05) is 18.2 Å². The van der Waals surface area contributed by atoms with Crippen molar-refractivity contribution in [3.8, 4) is 0 Å². The Bertz CT molecular complexity index is 387. The van der Waals surface area contributed by atoms with Gasteiger partial charge >= 0.3 is 0 Å². The molecule has 1 atom stereocenters. The van der Waals surface area contributed by atoms with Crippen molar-refractivity contribution in [1.29, 1.82) is 0 Å². The number of carbonyl (C=O) groups excluding carboxylic acids is 1. The lowest BCUT2D eigenvalue weighted by molar-refractivity contribution is 0.0943. The van der Waals surface area contributed by atoms with Crippen LogP contribution in [0.2, 0.25) is 0 Å². The average molecular weight is 268 g/mol. The molecule has 1 saturated heterocycles. The van der Waals surface area contributed by atoms with E-state index in [1.807, 2.05) is 11.8 Å². The fourth-order valence-corrected chi connectivity index (χ4v) is 3.24. The number of nitrogens with one attached hydrogen (secondary N) is 2. The smallest absolute Gasteiger partial charge is 0.290 e. The van der Waals surface area contributed by atoms with Crippen LogP contribution in [0.15, 0.2) is 0 Å². The first-order valence-corrected chi connectivity index (χ1v) is 7.65. The Morgan fingerprint density at radius 3 is 3.17 bits per heavy atom. The molecular weight excluding hydrogens is 248 g/mol. The highest BCUT2D eigenvalue weighted by atomic mass is 32.2. The summed E-state index contributed by atoms with van der Waals surface area (Å²) >= 11 is 1.95. The van der Waals surface area contributed by atoms with Gasteiger partial charge in [-0.15, -0.1) is 5.10 Å². The molecule has 1 unspecified atom stereocenters. The van der Waals surface area contributed by atoms with Gasteiger partial charge in [0.25, 0.3) is 5.91 Å². The second-order valence-corrected chi connectivity index (χ2v) is 5.96. The highest BCUT2D eigenvalue weighted by Gasteiger charge is 2.17. The quantitative estimate of drug-likeness (QED) is 0.854. The van der Waals surface area contributed by atoms with E-state index in [1.54, 1.807) is 0 Å². The summed E-state index contributed by atoms with van der Waals surface area (Å²) in [6.45, 7) is 2.80. The minimum atomic E-state index is -0.167. The summed E-state index contributed by atoms with van der Waals surface area (Å²) in [6.07, 6.45) is 5.60. The van der Waals surface area contributed by atoms with Crippen LogP contribution in [0.3, 0.4) is 0 Å². The number of rotatable bonds is 5. The Kier molecular flexibility index (Phi) is 5.04. The SMILES string of the molecule is CCCc1nc(C(=O)NCC2CCCCS2)n[nH]1. The molecule has 1 amide bonds. The fraction of sp³-hybridized carbons (Fsp3) is 0.750. The topological polar surface area (TPSA) is 70.7 Å². The molecule has 0 aromatic carbocycles. The van der Waals surface area contributed by atoms with Gasteiger partial charge in [0.1, 0.15) is 5.82 Å². The van der Waals surface area contributed by atoms with Gasteiger partial charge in [-0.05, 0) is 25.0 Å². The van der Waals surface area contributed by atoms with Crippen LogP contribution in [0.5, 0.6) is 0 Å². The van der Waals surface area contributed by atoms with Crippen LogP contribution in [0, 0.1) is 0 Å². The van der Waals surface area contributed by atoms with Crippen LogP contribution >= 0.6 is 11.8 Å². The molecule has 2 N–H and O–H groups in total. The lowest BCUT2D eigenvalue weighted by atomic mass is 10.2. The third-order valence-corrected chi connectivity index (χ3v) is 4.38.